The molecule has 1 unspecified atom stereocenters. The number of hydrogen-bond donors (Lipinski definition) is 2. The summed E-state index contributed by atoms with van der Waals surface area (Å²) in [5.41, 5.74) is 3.41. The second-order valence-corrected chi connectivity index (χ2v) is 7.74. The van der Waals surface area contributed by atoms with Crippen LogP contribution in [-0.2, 0) is 4.79 Å². The average molecular weight is 380 g/mol. The minimum absolute atomic E-state index is 0.0307. The first-order valence-corrected chi connectivity index (χ1v) is 9.98. The molecule has 5 nitrogen and oxygen atoms in total. The molecule has 148 valence electrons. The van der Waals surface area contributed by atoms with Crippen LogP contribution in [0, 0.1) is 12.8 Å². The van der Waals surface area contributed by atoms with E-state index < -0.39 is 6.04 Å². The van der Waals surface area contributed by atoms with Gasteiger partial charge in [-0.1, -0.05) is 32.0 Å². The van der Waals surface area contributed by atoms with Gasteiger partial charge in [0.15, 0.2) is 0 Å². The maximum atomic E-state index is 12.8. The third kappa shape index (κ3) is 4.71. The van der Waals surface area contributed by atoms with E-state index >= 15 is 0 Å². The van der Waals surface area contributed by atoms with Crippen molar-refractivity contribution in [2.75, 3.05) is 23.3 Å². The molecule has 0 aliphatic carbocycles. The number of hydrogen-bond acceptors (Lipinski definition) is 3. The fraction of sp³-hybridized carbons (Fsp3) is 0.391. The van der Waals surface area contributed by atoms with Crippen LogP contribution < -0.4 is 15.5 Å². The smallest absolute Gasteiger partial charge is 0.252 e. The highest BCUT2D eigenvalue weighted by Gasteiger charge is 2.25. The second-order valence-electron chi connectivity index (χ2n) is 7.74. The Labute approximate surface area is 167 Å². The first-order chi connectivity index (χ1) is 13.5. The summed E-state index contributed by atoms with van der Waals surface area (Å²) >= 11 is 0. The Morgan fingerprint density at radius 3 is 2.21 bits per heavy atom. The van der Waals surface area contributed by atoms with E-state index in [4.69, 9.17) is 0 Å². The molecule has 0 saturated carbocycles. The van der Waals surface area contributed by atoms with Crippen LogP contribution in [0.5, 0.6) is 0 Å². The van der Waals surface area contributed by atoms with Crippen LogP contribution in [0.2, 0.25) is 0 Å². The molecule has 0 spiro atoms. The van der Waals surface area contributed by atoms with Gasteiger partial charge in [-0.2, -0.15) is 0 Å². The molecule has 1 aliphatic heterocycles. The summed E-state index contributed by atoms with van der Waals surface area (Å²) in [7, 11) is 0. The highest BCUT2D eigenvalue weighted by Crippen LogP contribution is 2.22. The molecule has 1 fully saturated rings. The lowest BCUT2D eigenvalue weighted by atomic mass is 10.0. The van der Waals surface area contributed by atoms with Gasteiger partial charge in [-0.3, -0.25) is 9.59 Å². The Balaban J connectivity index is 1.66. The third-order valence-electron chi connectivity index (χ3n) is 5.23. The molecule has 2 aromatic rings. The van der Waals surface area contributed by atoms with Crippen LogP contribution in [0.25, 0.3) is 0 Å². The summed E-state index contributed by atoms with van der Waals surface area (Å²) in [5, 5.41) is 5.83. The molecule has 28 heavy (non-hydrogen) atoms. The van der Waals surface area contributed by atoms with Crippen LogP contribution in [-0.4, -0.2) is 30.9 Å². The summed E-state index contributed by atoms with van der Waals surface area (Å²) in [5.74, 6) is -0.459. The van der Waals surface area contributed by atoms with Crippen LogP contribution >= 0.6 is 0 Å². The van der Waals surface area contributed by atoms with Gasteiger partial charge in [0.1, 0.15) is 6.04 Å². The molecular weight excluding hydrogens is 350 g/mol. The molecule has 1 saturated heterocycles. The quantitative estimate of drug-likeness (QED) is 0.798. The van der Waals surface area contributed by atoms with Gasteiger partial charge in [0, 0.05) is 30.0 Å². The van der Waals surface area contributed by atoms with Crippen molar-refractivity contribution < 1.29 is 9.59 Å². The highest BCUT2D eigenvalue weighted by atomic mass is 16.2. The van der Waals surface area contributed by atoms with Crippen molar-refractivity contribution in [3.63, 3.8) is 0 Å². The van der Waals surface area contributed by atoms with E-state index in [2.05, 4.69) is 15.5 Å². The molecule has 2 aromatic carbocycles. The van der Waals surface area contributed by atoms with E-state index in [9.17, 15) is 9.59 Å². The van der Waals surface area contributed by atoms with Crippen molar-refractivity contribution in [2.24, 2.45) is 5.92 Å². The van der Waals surface area contributed by atoms with Gasteiger partial charge in [0.2, 0.25) is 5.91 Å². The van der Waals surface area contributed by atoms with Crippen LogP contribution in [0.1, 0.15) is 42.6 Å². The van der Waals surface area contributed by atoms with Crippen LogP contribution in [0.3, 0.4) is 0 Å². The van der Waals surface area contributed by atoms with E-state index in [1.54, 1.807) is 6.07 Å². The zero-order valence-corrected chi connectivity index (χ0v) is 16.9. The largest absolute Gasteiger partial charge is 0.372 e. The van der Waals surface area contributed by atoms with Crippen LogP contribution in [0.15, 0.2) is 48.5 Å². The fourth-order valence-corrected chi connectivity index (χ4v) is 3.53. The second kappa shape index (κ2) is 8.91. The molecule has 3 rings (SSSR count). The molecule has 2 N–H and O–H groups in total. The van der Waals surface area contributed by atoms with Crippen molar-refractivity contribution in [1.29, 1.82) is 0 Å². The number of anilines is 2. The number of carbonyl (C=O) groups excluding carboxylic acids is 2. The van der Waals surface area contributed by atoms with Crippen molar-refractivity contribution in [1.82, 2.24) is 5.32 Å². The van der Waals surface area contributed by atoms with Crippen molar-refractivity contribution in [3.05, 3.63) is 59.7 Å². The van der Waals surface area contributed by atoms with Gasteiger partial charge < -0.3 is 15.5 Å². The number of aryl methyl sites for hydroxylation is 1. The Bertz CT molecular complexity index is 824. The summed E-state index contributed by atoms with van der Waals surface area (Å²) in [6.07, 6.45) is 2.46. The van der Waals surface area contributed by atoms with Gasteiger partial charge in [0.25, 0.3) is 5.91 Å². The number of nitrogens with one attached hydrogen (secondary N) is 2. The molecule has 0 bridgehead atoms. The van der Waals surface area contributed by atoms with Gasteiger partial charge in [-0.25, -0.2) is 0 Å². The van der Waals surface area contributed by atoms with E-state index in [1.165, 1.54) is 18.5 Å². The predicted octanol–water partition coefficient (Wildman–Crippen LogP) is 3.99. The maximum Gasteiger partial charge on any atom is 0.252 e. The summed E-state index contributed by atoms with van der Waals surface area (Å²) in [6.45, 7) is 7.93. The summed E-state index contributed by atoms with van der Waals surface area (Å²) < 4.78 is 0. The topological polar surface area (TPSA) is 61.4 Å². The zero-order chi connectivity index (χ0) is 20.1. The number of rotatable bonds is 6. The lowest BCUT2D eigenvalue weighted by molar-refractivity contribution is -0.118. The van der Waals surface area contributed by atoms with Crippen molar-refractivity contribution in [3.8, 4) is 0 Å². The molecule has 0 radical (unpaired) electrons. The van der Waals surface area contributed by atoms with Crippen molar-refractivity contribution >= 4 is 23.2 Å². The first-order valence-electron chi connectivity index (χ1n) is 9.98. The summed E-state index contributed by atoms with van der Waals surface area (Å²) in [6, 6.07) is 14.7. The Kier molecular flexibility index (Phi) is 6.34. The maximum absolute atomic E-state index is 12.8. The first kappa shape index (κ1) is 19.9. The summed E-state index contributed by atoms with van der Waals surface area (Å²) in [4.78, 5) is 27.8. The van der Waals surface area contributed by atoms with Gasteiger partial charge in [-0.15, -0.1) is 0 Å². The molecule has 1 aliphatic rings. The molecule has 0 aromatic heterocycles. The zero-order valence-electron chi connectivity index (χ0n) is 16.9. The van der Waals surface area contributed by atoms with E-state index in [1.807, 2.05) is 63.2 Å². The lowest BCUT2D eigenvalue weighted by Crippen LogP contribution is -2.47. The van der Waals surface area contributed by atoms with Gasteiger partial charge in [-0.05, 0) is 61.6 Å². The fourth-order valence-electron chi connectivity index (χ4n) is 3.53. The van der Waals surface area contributed by atoms with Gasteiger partial charge >= 0.3 is 0 Å². The minimum atomic E-state index is -0.606. The lowest BCUT2D eigenvalue weighted by Gasteiger charge is -2.22. The minimum Gasteiger partial charge on any atom is -0.372 e. The van der Waals surface area contributed by atoms with Gasteiger partial charge in [0.05, 0.1) is 0 Å². The molecule has 5 heteroatoms. The number of benzene rings is 2. The highest BCUT2D eigenvalue weighted by molar-refractivity contribution is 6.02. The predicted molar refractivity (Wildman–Crippen MR) is 114 cm³/mol. The standard InChI is InChI=1S/C23H29N3O2/c1-16(2)21(25-22(27)20-9-5-4-8-17(20)3)23(28)24-18-10-12-19(13-11-18)26-14-6-7-15-26/h4-5,8-13,16,21H,6-7,14-15H2,1-3H3,(H,24,28)(H,25,27). The molecule has 1 heterocycles. The Hall–Kier alpha value is -2.82. The average Bonchev–Trinajstić information content (AvgIpc) is 3.21. The monoisotopic (exact) mass is 379 g/mol. The third-order valence-corrected chi connectivity index (χ3v) is 5.23. The molecule has 1 atom stereocenters. The number of nitrogens with zero attached hydrogens (tertiary/aromatic N) is 1. The SMILES string of the molecule is Cc1ccccc1C(=O)NC(C(=O)Nc1ccc(N2CCCC2)cc1)C(C)C. The van der Waals surface area contributed by atoms with Crippen molar-refractivity contribution in [2.45, 2.75) is 39.7 Å². The Morgan fingerprint density at radius 1 is 0.964 bits per heavy atom. The molecule has 2 amide bonds. The molecular formula is C23H29N3O2. The normalized spacial score (nSPS) is 14.8. The number of amides is 2. The van der Waals surface area contributed by atoms with E-state index in [-0.39, 0.29) is 17.7 Å². The van der Waals surface area contributed by atoms with Crippen LogP contribution in [0.4, 0.5) is 11.4 Å². The van der Waals surface area contributed by atoms with E-state index in [0.717, 1.165) is 24.3 Å². The number of carbonyl (C=O) groups is 2. The van der Waals surface area contributed by atoms with E-state index in [0.29, 0.717) is 5.56 Å². The Morgan fingerprint density at radius 2 is 1.61 bits per heavy atom.